The first kappa shape index (κ1) is 16.0. The van der Waals surface area contributed by atoms with Gasteiger partial charge in [0.1, 0.15) is 5.69 Å². The fourth-order valence-electron chi connectivity index (χ4n) is 2.03. The molecule has 0 aliphatic carbocycles. The number of anilines is 1. The molecule has 0 saturated carbocycles. The van der Waals surface area contributed by atoms with E-state index in [0.29, 0.717) is 0 Å². The van der Waals surface area contributed by atoms with Gasteiger partial charge >= 0.3 is 6.18 Å². The summed E-state index contributed by atoms with van der Waals surface area (Å²) < 4.78 is 40.1. The zero-order valence-electron chi connectivity index (χ0n) is 11.6. The van der Waals surface area contributed by atoms with Crippen LogP contribution in [-0.4, -0.2) is 21.0 Å². The quantitative estimate of drug-likeness (QED) is 0.907. The van der Waals surface area contributed by atoms with Crippen molar-refractivity contribution in [1.29, 1.82) is 0 Å². The van der Waals surface area contributed by atoms with Crippen LogP contribution in [0.25, 0.3) is 11.3 Å². The maximum atomic E-state index is 13.1. The molecule has 0 aliphatic rings. The lowest BCUT2D eigenvalue weighted by Crippen LogP contribution is -2.28. The van der Waals surface area contributed by atoms with Crippen LogP contribution < -0.4 is 11.3 Å². The number of hydrogen-bond donors (Lipinski definition) is 2. The highest BCUT2D eigenvalue weighted by Crippen LogP contribution is 2.37. The zero-order chi connectivity index (χ0) is 16.5. The Morgan fingerprint density at radius 1 is 1.36 bits per heavy atom. The van der Waals surface area contributed by atoms with E-state index in [1.807, 2.05) is 0 Å². The van der Waals surface area contributed by atoms with Gasteiger partial charge in [0.2, 0.25) is 0 Å². The molecule has 0 bridgehead atoms. The van der Waals surface area contributed by atoms with E-state index in [4.69, 9.17) is 5.73 Å². The van der Waals surface area contributed by atoms with Gasteiger partial charge in [0.15, 0.2) is 0 Å². The maximum Gasteiger partial charge on any atom is 0.417 e. The number of benzene rings is 1. The van der Waals surface area contributed by atoms with E-state index in [1.54, 1.807) is 0 Å². The molecule has 0 fully saturated rings. The number of hydrogen-bond acceptors (Lipinski definition) is 4. The number of rotatable bonds is 3. The first-order chi connectivity index (χ1) is 10.2. The second kappa shape index (κ2) is 5.80. The van der Waals surface area contributed by atoms with Crippen LogP contribution in [0.3, 0.4) is 0 Å². The van der Waals surface area contributed by atoms with E-state index in [2.05, 4.69) is 5.10 Å². The largest absolute Gasteiger partial charge is 0.417 e. The van der Waals surface area contributed by atoms with Gasteiger partial charge in [-0.3, -0.25) is 4.79 Å². The normalized spacial score (nSPS) is 13.1. The second-order valence-electron chi connectivity index (χ2n) is 4.86. The highest BCUT2D eigenvalue weighted by molar-refractivity contribution is 5.74. The summed E-state index contributed by atoms with van der Waals surface area (Å²) in [6.45, 7) is 1.30. The molecule has 22 heavy (non-hydrogen) atoms. The van der Waals surface area contributed by atoms with Gasteiger partial charge in [-0.2, -0.15) is 18.3 Å². The highest BCUT2D eigenvalue weighted by atomic mass is 19.4. The molecule has 8 heteroatoms. The Balaban J connectivity index is 2.66. The SMILES string of the molecule is C[C@H](O)Cn1nc(-c2ccccc2C(F)(F)F)c(N)cc1=O. The van der Waals surface area contributed by atoms with E-state index in [1.165, 1.54) is 25.1 Å². The summed E-state index contributed by atoms with van der Waals surface area (Å²) in [4.78, 5) is 11.7. The molecule has 1 aromatic heterocycles. The van der Waals surface area contributed by atoms with Crippen LogP contribution in [0.1, 0.15) is 12.5 Å². The summed E-state index contributed by atoms with van der Waals surface area (Å²) in [7, 11) is 0. The molecule has 118 valence electrons. The minimum atomic E-state index is -4.57. The van der Waals surface area contributed by atoms with Crippen LogP contribution in [0, 0.1) is 0 Å². The van der Waals surface area contributed by atoms with Gasteiger partial charge in [0.05, 0.1) is 23.9 Å². The van der Waals surface area contributed by atoms with Crippen molar-refractivity contribution in [3.63, 3.8) is 0 Å². The summed E-state index contributed by atoms with van der Waals surface area (Å²) in [6.07, 6.45) is -5.45. The number of nitrogens with two attached hydrogens (primary N) is 1. The molecule has 5 nitrogen and oxygen atoms in total. The third-order valence-electron chi connectivity index (χ3n) is 2.95. The Morgan fingerprint density at radius 3 is 2.59 bits per heavy atom. The van der Waals surface area contributed by atoms with Crippen molar-refractivity contribution in [2.45, 2.75) is 25.7 Å². The average Bonchev–Trinajstić information content (AvgIpc) is 2.40. The molecule has 1 aromatic carbocycles. The van der Waals surface area contributed by atoms with Crippen molar-refractivity contribution < 1.29 is 18.3 Å². The van der Waals surface area contributed by atoms with E-state index >= 15 is 0 Å². The Labute approximate surface area is 123 Å². The third-order valence-corrected chi connectivity index (χ3v) is 2.95. The molecule has 2 aromatic rings. The minimum Gasteiger partial charge on any atom is -0.397 e. The van der Waals surface area contributed by atoms with Gasteiger partial charge in [0.25, 0.3) is 5.56 Å². The molecule has 0 saturated heterocycles. The van der Waals surface area contributed by atoms with Gasteiger partial charge in [-0.25, -0.2) is 4.68 Å². The number of aliphatic hydroxyl groups is 1. The van der Waals surface area contributed by atoms with Crippen molar-refractivity contribution in [2.75, 3.05) is 5.73 Å². The number of nitrogen functional groups attached to an aromatic ring is 1. The third kappa shape index (κ3) is 3.28. The summed E-state index contributed by atoms with van der Waals surface area (Å²) >= 11 is 0. The van der Waals surface area contributed by atoms with E-state index in [0.717, 1.165) is 16.8 Å². The van der Waals surface area contributed by atoms with E-state index in [-0.39, 0.29) is 23.5 Å². The summed E-state index contributed by atoms with van der Waals surface area (Å²) in [6, 6.07) is 5.83. The molecule has 0 aliphatic heterocycles. The molecular formula is C14H14F3N3O2. The van der Waals surface area contributed by atoms with Crippen molar-refractivity contribution >= 4 is 5.69 Å². The molecule has 1 atom stereocenters. The van der Waals surface area contributed by atoms with Crippen molar-refractivity contribution in [2.24, 2.45) is 0 Å². The minimum absolute atomic E-state index is 0.139. The molecule has 0 amide bonds. The number of aromatic nitrogens is 2. The van der Waals surface area contributed by atoms with Crippen LogP contribution in [-0.2, 0) is 12.7 Å². The van der Waals surface area contributed by atoms with Gasteiger partial charge in [-0.1, -0.05) is 18.2 Å². The Kier molecular flexibility index (Phi) is 4.23. The van der Waals surface area contributed by atoms with Crippen molar-refractivity contribution in [3.8, 4) is 11.3 Å². The topological polar surface area (TPSA) is 81.1 Å². The Hall–Kier alpha value is -2.35. The van der Waals surface area contributed by atoms with Crippen LogP contribution >= 0.6 is 0 Å². The predicted octanol–water partition coefficient (Wildman–Crippen LogP) is 1.89. The number of nitrogens with zero attached hydrogens (tertiary/aromatic N) is 2. The standard InChI is InChI=1S/C14H14F3N3O2/c1-8(21)7-20-12(22)6-11(18)13(19-20)9-4-2-3-5-10(9)14(15,16)17/h2-6,8,21H,7,18H2,1H3/t8-/m0/s1. The van der Waals surface area contributed by atoms with Crippen LogP contribution in [0.5, 0.6) is 0 Å². The lowest BCUT2D eigenvalue weighted by Gasteiger charge is -2.15. The first-order valence-electron chi connectivity index (χ1n) is 6.42. The van der Waals surface area contributed by atoms with Gasteiger partial charge < -0.3 is 10.8 Å². The molecular weight excluding hydrogens is 299 g/mol. The monoisotopic (exact) mass is 313 g/mol. The highest BCUT2D eigenvalue weighted by Gasteiger charge is 2.34. The zero-order valence-corrected chi connectivity index (χ0v) is 11.6. The maximum absolute atomic E-state index is 13.1. The summed E-state index contributed by atoms with van der Waals surface area (Å²) in [5, 5.41) is 13.2. The molecule has 3 N–H and O–H groups in total. The molecule has 0 radical (unpaired) electrons. The predicted molar refractivity (Wildman–Crippen MR) is 75.0 cm³/mol. The van der Waals surface area contributed by atoms with Gasteiger partial charge in [-0.15, -0.1) is 0 Å². The number of aliphatic hydroxyl groups excluding tert-OH is 1. The van der Waals surface area contributed by atoms with Crippen molar-refractivity contribution in [3.05, 3.63) is 46.2 Å². The molecule has 1 heterocycles. The molecule has 0 spiro atoms. The van der Waals surface area contributed by atoms with Crippen LogP contribution in [0.2, 0.25) is 0 Å². The van der Waals surface area contributed by atoms with E-state index in [9.17, 15) is 23.1 Å². The molecule has 0 unspecified atom stereocenters. The van der Waals surface area contributed by atoms with Crippen molar-refractivity contribution in [1.82, 2.24) is 9.78 Å². The smallest absolute Gasteiger partial charge is 0.397 e. The van der Waals surface area contributed by atoms with Gasteiger partial charge in [0, 0.05) is 11.6 Å². The van der Waals surface area contributed by atoms with Crippen LogP contribution in [0.4, 0.5) is 18.9 Å². The number of alkyl halides is 3. The first-order valence-corrected chi connectivity index (χ1v) is 6.42. The average molecular weight is 313 g/mol. The van der Waals surface area contributed by atoms with Crippen LogP contribution in [0.15, 0.2) is 35.1 Å². The Bertz CT molecular complexity index is 739. The van der Waals surface area contributed by atoms with Gasteiger partial charge in [-0.05, 0) is 13.0 Å². The second-order valence-corrected chi connectivity index (χ2v) is 4.86. The lowest BCUT2D eigenvalue weighted by molar-refractivity contribution is -0.137. The summed E-state index contributed by atoms with van der Waals surface area (Å²) in [5.74, 6) is 0. The fraction of sp³-hybridized carbons (Fsp3) is 0.286. The Morgan fingerprint density at radius 2 is 2.00 bits per heavy atom. The molecule has 2 rings (SSSR count). The van der Waals surface area contributed by atoms with E-state index < -0.39 is 23.4 Å². The fourth-order valence-corrected chi connectivity index (χ4v) is 2.03. The number of halogens is 3. The summed E-state index contributed by atoms with van der Waals surface area (Å²) in [5.41, 5.74) is 3.67. The lowest BCUT2D eigenvalue weighted by atomic mass is 10.0.